The number of nitrogens with zero attached hydrogens (tertiary/aromatic N) is 5. The summed E-state index contributed by atoms with van der Waals surface area (Å²) in [7, 11) is 3.05. The van der Waals surface area contributed by atoms with Crippen molar-refractivity contribution in [3.05, 3.63) is 40.7 Å². The van der Waals surface area contributed by atoms with E-state index in [1.54, 1.807) is 15.9 Å². The van der Waals surface area contributed by atoms with Crippen LogP contribution in [0.3, 0.4) is 0 Å². The molecule has 0 spiro atoms. The molecule has 0 unspecified atom stereocenters. The van der Waals surface area contributed by atoms with Crippen LogP contribution in [0.1, 0.15) is 60.8 Å². The van der Waals surface area contributed by atoms with Gasteiger partial charge >= 0.3 is 6.03 Å². The highest BCUT2D eigenvalue weighted by Gasteiger charge is 2.30. The van der Waals surface area contributed by atoms with Gasteiger partial charge in [0.1, 0.15) is 30.0 Å². The van der Waals surface area contributed by atoms with Gasteiger partial charge in [0.25, 0.3) is 0 Å². The summed E-state index contributed by atoms with van der Waals surface area (Å²) in [4.78, 5) is 38.4. The number of aromatic nitrogens is 2. The fourth-order valence-electron chi connectivity index (χ4n) is 5.53. The Morgan fingerprint density at radius 3 is 2.75 bits per heavy atom. The fourth-order valence-corrected chi connectivity index (χ4v) is 5.53. The Morgan fingerprint density at radius 1 is 1.23 bits per heavy atom. The number of carbonyl (C=O) groups excluding carboxylic acids is 2. The summed E-state index contributed by atoms with van der Waals surface area (Å²) < 4.78 is 16.3. The van der Waals surface area contributed by atoms with E-state index in [2.05, 4.69) is 21.7 Å². The van der Waals surface area contributed by atoms with E-state index in [0.29, 0.717) is 60.9 Å². The van der Waals surface area contributed by atoms with Crippen molar-refractivity contribution in [2.45, 2.75) is 57.4 Å². The molecule has 4 heterocycles. The zero-order valence-corrected chi connectivity index (χ0v) is 22.9. The number of nitriles is 1. The van der Waals surface area contributed by atoms with Crippen molar-refractivity contribution in [3.63, 3.8) is 0 Å². The van der Waals surface area contributed by atoms with E-state index in [-0.39, 0.29) is 18.5 Å². The quantitative estimate of drug-likeness (QED) is 0.474. The SMILES string of the molecule is COC(OC)c1nc2c(cc1CN1CCOCC1=O)CCCN2C(=O)Nc1cc(NC2CCCC2)c(C#N)cn1. The topological polar surface area (TPSA) is 142 Å². The smallest absolute Gasteiger partial charge is 0.328 e. The van der Waals surface area contributed by atoms with Crippen LogP contribution in [0.2, 0.25) is 0 Å². The number of hydrogen-bond donors (Lipinski definition) is 2. The van der Waals surface area contributed by atoms with Crippen LogP contribution in [-0.2, 0) is 32.0 Å². The number of urea groups is 1. The van der Waals surface area contributed by atoms with E-state index < -0.39 is 6.29 Å². The Kier molecular flexibility index (Phi) is 8.74. The van der Waals surface area contributed by atoms with Crippen LogP contribution >= 0.6 is 0 Å². The monoisotopic (exact) mass is 549 g/mol. The number of fused-ring (bicyclic) bond motifs is 1. The number of methoxy groups -OCH3 is 2. The summed E-state index contributed by atoms with van der Waals surface area (Å²) in [6, 6.07) is 5.83. The van der Waals surface area contributed by atoms with Gasteiger partial charge in [-0.15, -0.1) is 0 Å². The molecule has 40 heavy (non-hydrogen) atoms. The molecule has 0 radical (unpaired) electrons. The molecule has 2 N–H and O–H groups in total. The molecule has 2 aliphatic heterocycles. The van der Waals surface area contributed by atoms with Crippen LogP contribution in [0.5, 0.6) is 0 Å². The van der Waals surface area contributed by atoms with E-state index >= 15 is 0 Å². The summed E-state index contributed by atoms with van der Waals surface area (Å²) in [6.45, 7) is 1.84. The van der Waals surface area contributed by atoms with Crippen molar-refractivity contribution >= 4 is 29.3 Å². The largest absolute Gasteiger partial charge is 0.381 e. The Hall–Kier alpha value is -3.79. The standard InChI is InChI=1S/C28H35N7O5/c1-38-27(39-2)25-19(16-34-10-11-40-17-24(34)36)12-18-6-5-9-35(26(18)33-25)28(37)32-23-13-22(20(14-29)15-30-23)31-21-7-3-4-8-21/h12-13,15,21,27H,3-11,16-17H2,1-2H3,(H2,30,31,32,37). The normalized spacial score (nSPS) is 17.6. The molecule has 12 nitrogen and oxygen atoms in total. The third kappa shape index (κ3) is 6.01. The summed E-state index contributed by atoms with van der Waals surface area (Å²) in [5.41, 5.74) is 3.34. The number of pyridine rings is 2. The lowest BCUT2D eigenvalue weighted by Gasteiger charge is -2.32. The maximum Gasteiger partial charge on any atom is 0.328 e. The Morgan fingerprint density at radius 2 is 2.02 bits per heavy atom. The molecule has 3 aliphatic rings. The van der Waals surface area contributed by atoms with Crippen LogP contribution < -0.4 is 15.5 Å². The van der Waals surface area contributed by atoms with E-state index in [1.165, 1.54) is 20.4 Å². The van der Waals surface area contributed by atoms with Gasteiger partial charge in [-0.05, 0) is 42.9 Å². The van der Waals surface area contributed by atoms with Gasteiger partial charge in [-0.3, -0.25) is 15.0 Å². The third-order valence-corrected chi connectivity index (χ3v) is 7.59. The maximum absolute atomic E-state index is 13.5. The van der Waals surface area contributed by atoms with E-state index in [0.717, 1.165) is 49.7 Å². The molecular weight excluding hydrogens is 514 g/mol. The van der Waals surface area contributed by atoms with Gasteiger partial charge in [0, 0.05) is 52.2 Å². The predicted octanol–water partition coefficient (Wildman–Crippen LogP) is 3.34. The number of amides is 3. The number of aryl methyl sites for hydroxylation is 1. The number of anilines is 3. The van der Waals surface area contributed by atoms with Gasteiger partial charge in [0.15, 0.2) is 0 Å². The molecule has 0 bridgehead atoms. The third-order valence-electron chi connectivity index (χ3n) is 7.59. The van der Waals surface area contributed by atoms with Gasteiger partial charge < -0.3 is 24.4 Å². The summed E-state index contributed by atoms with van der Waals surface area (Å²) in [5, 5.41) is 15.9. The predicted molar refractivity (Wildman–Crippen MR) is 147 cm³/mol. The van der Waals surface area contributed by atoms with Crippen LogP contribution in [0.4, 0.5) is 22.1 Å². The lowest BCUT2D eigenvalue weighted by Crippen LogP contribution is -2.42. The second-order valence-electron chi connectivity index (χ2n) is 10.2. The van der Waals surface area contributed by atoms with Crippen molar-refractivity contribution in [2.75, 3.05) is 56.1 Å². The summed E-state index contributed by atoms with van der Waals surface area (Å²) >= 11 is 0. The van der Waals surface area contributed by atoms with Gasteiger partial charge in [-0.25, -0.2) is 14.8 Å². The fraction of sp³-hybridized carbons (Fsp3) is 0.536. The van der Waals surface area contributed by atoms with Crippen molar-refractivity contribution in [1.82, 2.24) is 14.9 Å². The van der Waals surface area contributed by atoms with Crippen LogP contribution in [0, 0.1) is 11.3 Å². The lowest BCUT2D eigenvalue weighted by atomic mass is 10.0. The molecule has 2 aromatic heterocycles. The van der Waals surface area contributed by atoms with Gasteiger partial charge in [0.2, 0.25) is 12.2 Å². The minimum absolute atomic E-state index is 0.0565. The van der Waals surface area contributed by atoms with Gasteiger partial charge in [0.05, 0.1) is 17.9 Å². The van der Waals surface area contributed by atoms with Crippen LogP contribution in [-0.4, -0.2) is 73.4 Å². The lowest BCUT2D eigenvalue weighted by molar-refractivity contribution is -0.143. The zero-order valence-electron chi connectivity index (χ0n) is 22.9. The minimum atomic E-state index is -0.771. The number of hydrogen-bond acceptors (Lipinski definition) is 9. The molecule has 1 aliphatic carbocycles. The van der Waals surface area contributed by atoms with E-state index in [4.69, 9.17) is 19.2 Å². The number of rotatable bonds is 8. The first-order chi connectivity index (χ1) is 19.5. The molecule has 0 aromatic carbocycles. The number of morpholine rings is 1. The molecule has 12 heteroatoms. The molecular formula is C28H35N7O5. The van der Waals surface area contributed by atoms with E-state index in [9.17, 15) is 14.9 Å². The second kappa shape index (κ2) is 12.6. The van der Waals surface area contributed by atoms with Crippen LogP contribution in [0.25, 0.3) is 0 Å². The van der Waals surface area contributed by atoms with Gasteiger partial charge in [-0.1, -0.05) is 12.8 Å². The first-order valence-corrected chi connectivity index (χ1v) is 13.7. The molecule has 5 rings (SSSR count). The number of carbonyl (C=O) groups is 2. The highest BCUT2D eigenvalue weighted by atomic mass is 16.7. The molecule has 0 atom stereocenters. The minimum Gasteiger partial charge on any atom is -0.381 e. The van der Waals surface area contributed by atoms with Crippen molar-refractivity contribution < 1.29 is 23.8 Å². The molecule has 3 amide bonds. The molecule has 2 aromatic rings. The highest BCUT2D eigenvalue weighted by Crippen LogP contribution is 2.32. The van der Waals surface area contributed by atoms with E-state index in [1.807, 2.05) is 6.07 Å². The second-order valence-corrected chi connectivity index (χ2v) is 10.2. The average molecular weight is 550 g/mol. The van der Waals surface area contributed by atoms with Crippen molar-refractivity contribution in [3.8, 4) is 6.07 Å². The Balaban J connectivity index is 1.40. The molecule has 212 valence electrons. The number of ether oxygens (including phenoxy) is 3. The molecule has 1 saturated heterocycles. The Labute approximate surface area is 233 Å². The van der Waals surface area contributed by atoms with Crippen LogP contribution in [0.15, 0.2) is 18.3 Å². The first-order valence-electron chi connectivity index (χ1n) is 13.7. The van der Waals surface area contributed by atoms with Crippen molar-refractivity contribution in [2.24, 2.45) is 0 Å². The summed E-state index contributed by atoms with van der Waals surface area (Å²) in [6.07, 6.45) is 6.64. The molecule has 2 fully saturated rings. The maximum atomic E-state index is 13.5. The average Bonchev–Trinajstić information content (AvgIpc) is 3.48. The number of nitrogens with one attached hydrogen (secondary N) is 2. The Bertz CT molecular complexity index is 1290. The zero-order chi connectivity index (χ0) is 28.1. The highest BCUT2D eigenvalue weighted by molar-refractivity contribution is 6.01. The van der Waals surface area contributed by atoms with Gasteiger partial charge in [-0.2, -0.15) is 5.26 Å². The van der Waals surface area contributed by atoms with Crippen molar-refractivity contribution in [1.29, 1.82) is 5.26 Å². The summed E-state index contributed by atoms with van der Waals surface area (Å²) in [5.74, 6) is 0.790. The first kappa shape index (κ1) is 27.8. The molecule has 1 saturated carbocycles.